The molecule has 0 spiro atoms. The van der Waals surface area contributed by atoms with E-state index in [-0.39, 0.29) is 5.24 Å². The van der Waals surface area contributed by atoms with Crippen LogP contribution in [0.2, 0.25) is 0 Å². The van der Waals surface area contributed by atoms with Crippen LogP contribution in [0.25, 0.3) is 0 Å². The van der Waals surface area contributed by atoms with E-state index in [9.17, 15) is 4.79 Å². The molecule has 0 rings (SSSR count). The van der Waals surface area contributed by atoms with Gasteiger partial charge in [-0.1, -0.05) is 122 Å². The smallest absolute Gasteiger partial charge is 0.279 e. The van der Waals surface area contributed by atoms with Crippen molar-refractivity contribution in [2.75, 3.05) is 12.3 Å². The summed E-state index contributed by atoms with van der Waals surface area (Å²) in [6.45, 7) is 5.15. The molecule has 0 saturated heterocycles. The van der Waals surface area contributed by atoms with E-state index < -0.39 is 0 Å². The molecule has 1 amide bonds. The first kappa shape index (κ1) is 23.8. The summed E-state index contributed by atoms with van der Waals surface area (Å²) in [6.07, 6.45) is 22.3. The fourth-order valence-electron chi connectivity index (χ4n) is 3.05. The van der Waals surface area contributed by atoms with E-state index in [1.54, 1.807) is 0 Å². The summed E-state index contributed by atoms with van der Waals surface area (Å²) < 4.78 is 0. The van der Waals surface area contributed by atoms with Crippen molar-refractivity contribution < 1.29 is 4.79 Å². The number of carbonyl (C=O) groups is 1. The molecule has 0 saturated carbocycles. The van der Waals surface area contributed by atoms with Crippen molar-refractivity contribution in [1.82, 2.24) is 5.32 Å². The first-order valence-electron chi connectivity index (χ1n) is 10.7. The van der Waals surface area contributed by atoms with E-state index in [2.05, 4.69) is 12.2 Å². The first-order chi connectivity index (χ1) is 11.8. The number of carbonyl (C=O) groups excluding carboxylic acids is 1. The fraction of sp³-hybridized carbons (Fsp3) is 0.952. The van der Waals surface area contributed by atoms with Gasteiger partial charge in [0, 0.05) is 6.54 Å². The minimum atomic E-state index is 0.137. The predicted molar refractivity (Wildman–Crippen MR) is 111 cm³/mol. The molecule has 0 aliphatic heterocycles. The van der Waals surface area contributed by atoms with Crippen molar-refractivity contribution in [2.45, 2.75) is 117 Å². The van der Waals surface area contributed by atoms with E-state index >= 15 is 0 Å². The molecular weight excluding hydrogens is 314 g/mol. The van der Waals surface area contributed by atoms with Gasteiger partial charge in [-0.25, -0.2) is 0 Å². The van der Waals surface area contributed by atoms with E-state index in [4.69, 9.17) is 0 Å². The summed E-state index contributed by atoms with van der Waals surface area (Å²) in [5.74, 6) is 0.866. The lowest BCUT2D eigenvalue weighted by Crippen LogP contribution is -2.19. The van der Waals surface area contributed by atoms with Crippen LogP contribution in [0.4, 0.5) is 4.79 Å². The number of unbranched alkanes of at least 4 members (excludes halogenated alkanes) is 15. The maximum atomic E-state index is 11.3. The van der Waals surface area contributed by atoms with Gasteiger partial charge in [-0.05, 0) is 12.2 Å². The van der Waals surface area contributed by atoms with Gasteiger partial charge in [-0.2, -0.15) is 0 Å². The monoisotopic (exact) mass is 357 g/mol. The van der Waals surface area contributed by atoms with Gasteiger partial charge in [-0.15, -0.1) is 0 Å². The van der Waals surface area contributed by atoms with Crippen molar-refractivity contribution in [2.24, 2.45) is 0 Å². The SMILES string of the molecule is CCCCCCCCCCCCCCCCCCNC(=O)SCC. The van der Waals surface area contributed by atoms with Crippen molar-refractivity contribution in [3.8, 4) is 0 Å². The lowest BCUT2D eigenvalue weighted by atomic mass is 10.0. The molecule has 0 bridgehead atoms. The van der Waals surface area contributed by atoms with E-state index in [0.717, 1.165) is 18.7 Å². The third-order valence-electron chi connectivity index (χ3n) is 4.58. The quantitative estimate of drug-likeness (QED) is 0.254. The highest BCUT2D eigenvalue weighted by Gasteiger charge is 1.98. The van der Waals surface area contributed by atoms with Crippen LogP contribution in [-0.2, 0) is 0 Å². The maximum absolute atomic E-state index is 11.3. The number of thioether (sulfide) groups is 1. The zero-order chi connectivity index (χ0) is 17.7. The summed E-state index contributed by atoms with van der Waals surface area (Å²) in [6, 6.07) is 0. The molecule has 0 aliphatic rings. The normalized spacial score (nSPS) is 10.9. The number of hydrogen-bond acceptors (Lipinski definition) is 2. The van der Waals surface area contributed by atoms with Crippen LogP contribution in [0, 0.1) is 0 Å². The molecule has 0 aliphatic carbocycles. The third-order valence-corrected chi connectivity index (χ3v) is 5.27. The number of rotatable bonds is 18. The molecule has 0 heterocycles. The molecule has 24 heavy (non-hydrogen) atoms. The Morgan fingerprint density at radius 1 is 0.625 bits per heavy atom. The average molecular weight is 358 g/mol. The van der Waals surface area contributed by atoms with Gasteiger partial charge >= 0.3 is 0 Å². The van der Waals surface area contributed by atoms with Crippen molar-refractivity contribution >= 4 is 17.0 Å². The largest absolute Gasteiger partial charge is 0.347 e. The average Bonchev–Trinajstić information content (AvgIpc) is 2.58. The minimum absolute atomic E-state index is 0.137. The van der Waals surface area contributed by atoms with Crippen LogP contribution >= 0.6 is 11.8 Å². The molecule has 0 unspecified atom stereocenters. The summed E-state index contributed by atoms with van der Waals surface area (Å²) in [7, 11) is 0. The van der Waals surface area contributed by atoms with Crippen LogP contribution in [0.15, 0.2) is 0 Å². The molecule has 3 heteroatoms. The van der Waals surface area contributed by atoms with Crippen molar-refractivity contribution in [3.63, 3.8) is 0 Å². The lowest BCUT2D eigenvalue weighted by Gasteiger charge is -2.04. The van der Waals surface area contributed by atoms with Crippen LogP contribution in [0.1, 0.15) is 117 Å². The molecule has 0 radical (unpaired) electrons. The van der Waals surface area contributed by atoms with Crippen LogP contribution in [-0.4, -0.2) is 17.5 Å². The van der Waals surface area contributed by atoms with Gasteiger partial charge in [0.15, 0.2) is 0 Å². The fourth-order valence-corrected chi connectivity index (χ4v) is 3.51. The number of hydrogen-bond donors (Lipinski definition) is 1. The standard InChI is InChI=1S/C21H43NOS/c1-3-5-6-7-8-9-10-11-12-13-14-15-16-17-18-19-20-22-21(23)24-4-2/h3-20H2,1-2H3,(H,22,23). The van der Waals surface area contributed by atoms with Crippen molar-refractivity contribution in [3.05, 3.63) is 0 Å². The Morgan fingerprint density at radius 3 is 1.38 bits per heavy atom. The second-order valence-electron chi connectivity index (χ2n) is 6.95. The molecule has 2 nitrogen and oxygen atoms in total. The predicted octanol–water partition coefficient (Wildman–Crippen LogP) is 7.71. The molecule has 0 aromatic rings. The number of nitrogens with one attached hydrogen (secondary N) is 1. The van der Waals surface area contributed by atoms with Crippen LogP contribution in [0.3, 0.4) is 0 Å². The molecule has 144 valence electrons. The molecule has 0 aromatic heterocycles. The molecule has 1 N–H and O–H groups in total. The Kier molecular flexibility index (Phi) is 20.7. The summed E-state index contributed by atoms with van der Waals surface area (Å²) in [5.41, 5.74) is 0. The van der Waals surface area contributed by atoms with Gasteiger partial charge in [0.1, 0.15) is 0 Å². The Hall–Kier alpha value is -0.180. The second kappa shape index (κ2) is 20.9. The highest BCUT2D eigenvalue weighted by atomic mass is 32.2. The Morgan fingerprint density at radius 2 is 1.00 bits per heavy atom. The van der Waals surface area contributed by atoms with E-state index in [1.165, 1.54) is 108 Å². The topological polar surface area (TPSA) is 29.1 Å². The molecule has 0 fully saturated rings. The third kappa shape index (κ3) is 19.9. The Labute approximate surface area is 156 Å². The van der Waals surface area contributed by atoms with Crippen molar-refractivity contribution in [1.29, 1.82) is 0 Å². The van der Waals surface area contributed by atoms with Crippen LogP contribution in [0.5, 0.6) is 0 Å². The van der Waals surface area contributed by atoms with Crippen LogP contribution < -0.4 is 5.32 Å². The van der Waals surface area contributed by atoms with Gasteiger partial charge in [0.2, 0.25) is 0 Å². The molecular formula is C21H43NOS. The first-order valence-corrected chi connectivity index (χ1v) is 11.7. The molecule has 0 atom stereocenters. The lowest BCUT2D eigenvalue weighted by molar-refractivity contribution is 0.260. The van der Waals surface area contributed by atoms with Gasteiger partial charge in [0.25, 0.3) is 5.24 Å². The van der Waals surface area contributed by atoms with E-state index in [1.807, 2.05) is 6.92 Å². The number of amides is 1. The minimum Gasteiger partial charge on any atom is -0.347 e. The maximum Gasteiger partial charge on any atom is 0.279 e. The van der Waals surface area contributed by atoms with Gasteiger partial charge in [-0.3, -0.25) is 4.79 Å². The second-order valence-corrected chi connectivity index (χ2v) is 8.19. The summed E-state index contributed by atoms with van der Waals surface area (Å²) >= 11 is 1.37. The van der Waals surface area contributed by atoms with Gasteiger partial charge in [0.05, 0.1) is 0 Å². The Bertz CT molecular complexity index is 258. The summed E-state index contributed by atoms with van der Waals surface area (Å²) in [4.78, 5) is 11.3. The summed E-state index contributed by atoms with van der Waals surface area (Å²) in [5, 5.41) is 3.09. The van der Waals surface area contributed by atoms with Gasteiger partial charge < -0.3 is 5.32 Å². The Balaban J connectivity index is 3.01. The van der Waals surface area contributed by atoms with E-state index in [0.29, 0.717) is 0 Å². The zero-order valence-electron chi connectivity index (χ0n) is 16.5. The molecule has 0 aromatic carbocycles. The highest BCUT2D eigenvalue weighted by Crippen LogP contribution is 2.13. The zero-order valence-corrected chi connectivity index (χ0v) is 17.4. The highest BCUT2D eigenvalue weighted by molar-refractivity contribution is 8.13.